The van der Waals surface area contributed by atoms with Crippen molar-refractivity contribution in [1.29, 1.82) is 0 Å². The van der Waals surface area contributed by atoms with E-state index in [1.54, 1.807) is 7.11 Å². The molecule has 4 saturated carbocycles. The lowest BCUT2D eigenvalue weighted by molar-refractivity contribution is -0.163. The van der Waals surface area contributed by atoms with Crippen LogP contribution in [0.5, 0.6) is 5.75 Å². The van der Waals surface area contributed by atoms with E-state index in [-0.39, 0.29) is 18.0 Å². The smallest absolute Gasteiger partial charge is 0.313 e. The van der Waals surface area contributed by atoms with Gasteiger partial charge in [-0.25, -0.2) is 0 Å². The fraction of sp³-hybridized carbons (Fsp3) is 0.698. The van der Waals surface area contributed by atoms with Gasteiger partial charge in [0.25, 0.3) is 0 Å². The minimum absolute atomic E-state index is 0.0597. The second-order valence-electron chi connectivity index (χ2n) is 17.0. The van der Waals surface area contributed by atoms with E-state index in [1.165, 1.54) is 51.4 Å². The number of rotatable bonds is 9. The largest absolute Gasteiger partial charge is 0.497 e. The molecule has 0 aromatic heterocycles. The van der Waals surface area contributed by atoms with Gasteiger partial charge in [-0.1, -0.05) is 78.0 Å². The standard InChI is InChI=1S/C43H62O3/c1-9-30(27(2)3)11-10-28(4)38-18-19-39-37-17-15-34-26-36(20-22-42(34,6)40(37)21-23-43(38,39)7)46-41(44)29(5)31-12-13-33-25-35(45-8)16-14-32(33)24-31/h10-14,16,24-25,27-30,34,36-40H,9,15,17-23,26H2,1-8H3/b11-10+/t28-,29+,30-,34?,36+,37+,38-,39+,40+,42+,43-/m1/s1. The number of hydrogen-bond acceptors (Lipinski definition) is 3. The van der Waals surface area contributed by atoms with Crippen LogP contribution in [-0.4, -0.2) is 19.2 Å². The van der Waals surface area contributed by atoms with Crippen molar-refractivity contribution in [3.8, 4) is 5.75 Å². The first-order valence-electron chi connectivity index (χ1n) is 18.9. The lowest BCUT2D eigenvalue weighted by atomic mass is 9.44. The molecule has 4 fully saturated rings. The maximum atomic E-state index is 13.4. The quantitative estimate of drug-likeness (QED) is 0.205. The molecule has 4 aliphatic carbocycles. The summed E-state index contributed by atoms with van der Waals surface area (Å²) in [6.45, 7) is 16.9. The van der Waals surface area contributed by atoms with Crippen molar-refractivity contribution in [2.24, 2.45) is 58.2 Å². The van der Waals surface area contributed by atoms with Gasteiger partial charge in [0.05, 0.1) is 13.0 Å². The van der Waals surface area contributed by atoms with Crippen molar-refractivity contribution in [3.05, 3.63) is 54.1 Å². The van der Waals surface area contributed by atoms with Gasteiger partial charge in [-0.15, -0.1) is 0 Å². The molecule has 3 heteroatoms. The van der Waals surface area contributed by atoms with Gasteiger partial charge in [0.15, 0.2) is 0 Å². The predicted octanol–water partition coefficient (Wildman–Crippen LogP) is 11.4. The molecule has 0 amide bonds. The third-order valence-corrected chi connectivity index (χ3v) is 14.5. The van der Waals surface area contributed by atoms with Gasteiger partial charge in [-0.05, 0) is 158 Å². The van der Waals surface area contributed by atoms with E-state index in [2.05, 4.69) is 78.0 Å². The van der Waals surface area contributed by atoms with E-state index in [0.717, 1.165) is 64.5 Å². The highest BCUT2D eigenvalue weighted by Gasteiger charge is 2.60. The van der Waals surface area contributed by atoms with Crippen molar-refractivity contribution in [1.82, 2.24) is 0 Å². The highest BCUT2D eigenvalue weighted by molar-refractivity contribution is 5.86. The monoisotopic (exact) mass is 626 g/mol. The molecule has 0 saturated heterocycles. The Kier molecular flexibility index (Phi) is 9.73. The molecule has 1 unspecified atom stereocenters. The Hall–Kier alpha value is -2.29. The van der Waals surface area contributed by atoms with Gasteiger partial charge in [-0.3, -0.25) is 4.79 Å². The Morgan fingerprint density at radius 3 is 2.33 bits per heavy atom. The summed E-state index contributed by atoms with van der Waals surface area (Å²) in [6, 6.07) is 12.4. The summed E-state index contributed by atoms with van der Waals surface area (Å²) in [7, 11) is 1.69. The summed E-state index contributed by atoms with van der Waals surface area (Å²) >= 11 is 0. The third kappa shape index (κ3) is 6.07. The summed E-state index contributed by atoms with van der Waals surface area (Å²) in [5.41, 5.74) is 1.91. The molecule has 0 aliphatic heterocycles. The van der Waals surface area contributed by atoms with Crippen molar-refractivity contribution in [2.45, 2.75) is 125 Å². The van der Waals surface area contributed by atoms with Gasteiger partial charge >= 0.3 is 5.97 Å². The number of esters is 1. The molecule has 11 atom stereocenters. The van der Waals surface area contributed by atoms with Crippen molar-refractivity contribution in [3.63, 3.8) is 0 Å². The molecule has 0 N–H and O–H groups in total. The molecule has 46 heavy (non-hydrogen) atoms. The highest BCUT2D eigenvalue weighted by Crippen LogP contribution is 2.68. The van der Waals surface area contributed by atoms with Crippen molar-refractivity contribution in [2.75, 3.05) is 7.11 Å². The molecule has 4 aliphatic rings. The van der Waals surface area contributed by atoms with Crippen LogP contribution in [0.15, 0.2) is 48.6 Å². The number of methoxy groups -OCH3 is 1. The molecule has 0 radical (unpaired) electrons. The molecular formula is C43H62O3. The van der Waals surface area contributed by atoms with E-state index in [9.17, 15) is 4.79 Å². The first kappa shape index (κ1) is 33.6. The maximum absolute atomic E-state index is 13.4. The maximum Gasteiger partial charge on any atom is 0.313 e. The van der Waals surface area contributed by atoms with Gasteiger partial charge in [0, 0.05) is 0 Å². The van der Waals surface area contributed by atoms with Crippen LogP contribution in [0, 0.1) is 58.2 Å². The van der Waals surface area contributed by atoms with Crippen LogP contribution in [0.3, 0.4) is 0 Å². The SMILES string of the molecule is CC[C@H](/C=C/[C@@H](C)[C@H]1CC[C@H]2[C@@H]3CCC4C[C@@H](OC(=O)[C@@H](C)c5ccc6cc(OC)ccc6c5)CC[C@]4(C)[C@H]3CC[C@]12C)C(C)C. The number of benzene rings is 2. The Morgan fingerprint density at radius 2 is 1.59 bits per heavy atom. The second-order valence-corrected chi connectivity index (χ2v) is 17.0. The summed E-state index contributed by atoms with van der Waals surface area (Å²) in [6.07, 6.45) is 18.1. The van der Waals surface area contributed by atoms with Crippen LogP contribution < -0.4 is 4.74 Å². The van der Waals surface area contributed by atoms with Gasteiger partial charge in [0.1, 0.15) is 11.9 Å². The Labute approximate surface area is 280 Å². The molecule has 6 rings (SSSR count). The minimum Gasteiger partial charge on any atom is -0.497 e. The minimum atomic E-state index is -0.266. The molecule has 252 valence electrons. The topological polar surface area (TPSA) is 35.5 Å². The third-order valence-electron chi connectivity index (χ3n) is 14.5. The predicted molar refractivity (Wildman–Crippen MR) is 191 cm³/mol. The summed E-state index contributed by atoms with van der Waals surface area (Å²) in [5.74, 6) is 6.74. The van der Waals surface area contributed by atoms with Crippen LogP contribution in [-0.2, 0) is 9.53 Å². The zero-order chi connectivity index (χ0) is 32.8. The van der Waals surface area contributed by atoms with Crippen LogP contribution in [0.1, 0.15) is 124 Å². The first-order chi connectivity index (χ1) is 22.0. The van der Waals surface area contributed by atoms with E-state index < -0.39 is 0 Å². The highest BCUT2D eigenvalue weighted by atomic mass is 16.5. The molecule has 2 aromatic carbocycles. The zero-order valence-electron chi connectivity index (χ0n) is 30.2. The Bertz CT molecular complexity index is 1410. The zero-order valence-corrected chi connectivity index (χ0v) is 30.2. The molecular weight excluding hydrogens is 564 g/mol. The summed E-state index contributed by atoms with van der Waals surface area (Å²) in [4.78, 5) is 13.4. The molecule has 0 heterocycles. The Balaban J connectivity index is 1.08. The number of allylic oxidation sites excluding steroid dienone is 2. The fourth-order valence-corrected chi connectivity index (χ4v) is 11.6. The number of carbonyl (C=O) groups excluding carboxylic acids is 1. The van der Waals surface area contributed by atoms with Crippen LogP contribution in [0.2, 0.25) is 0 Å². The van der Waals surface area contributed by atoms with Gasteiger partial charge < -0.3 is 9.47 Å². The second kappa shape index (κ2) is 13.3. The normalized spacial score (nSPS) is 36.1. The van der Waals surface area contributed by atoms with E-state index in [4.69, 9.17) is 9.47 Å². The summed E-state index contributed by atoms with van der Waals surface area (Å²) < 4.78 is 11.7. The van der Waals surface area contributed by atoms with Crippen molar-refractivity contribution >= 4 is 16.7 Å². The first-order valence-corrected chi connectivity index (χ1v) is 18.9. The summed E-state index contributed by atoms with van der Waals surface area (Å²) in [5, 5.41) is 2.25. The average Bonchev–Trinajstić information content (AvgIpc) is 3.41. The van der Waals surface area contributed by atoms with E-state index in [0.29, 0.717) is 28.6 Å². The Morgan fingerprint density at radius 1 is 0.870 bits per heavy atom. The number of hydrogen-bond donors (Lipinski definition) is 0. The number of ether oxygens (including phenoxy) is 2. The van der Waals surface area contributed by atoms with Crippen molar-refractivity contribution < 1.29 is 14.3 Å². The van der Waals surface area contributed by atoms with Crippen LogP contribution in [0.4, 0.5) is 0 Å². The fourth-order valence-electron chi connectivity index (χ4n) is 11.6. The molecule has 0 bridgehead atoms. The van der Waals surface area contributed by atoms with Gasteiger partial charge in [0.2, 0.25) is 0 Å². The van der Waals surface area contributed by atoms with E-state index >= 15 is 0 Å². The van der Waals surface area contributed by atoms with E-state index in [1.807, 2.05) is 19.1 Å². The van der Waals surface area contributed by atoms with Gasteiger partial charge in [-0.2, -0.15) is 0 Å². The lowest BCUT2D eigenvalue weighted by Crippen LogP contribution is -2.54. The molecule has 2 aromatic rings. The number of fused-ring (bicyclic) bond motifs is 6. The van der Waals surface area contributed by atoms with Crippen LogP contribution in [0.25, 0.3) is 10.8 Å². The molecule has 3 nitrogen and oxygen atoms in total. The molecule has 0 spiro atoms. The van der Waals surface area contributed by atoms with Crippen LogP contribution >= 0.6 is 0 Å². The average molecular weight is 627 g/mol. The lowest BCUT2D eigenvalue weighted by Gasteiger charge is -2.61. The number of carbonyl (C=O) groups is 1.